The topological polar surface area (TPSA) is 40.5 Å². The summed E-state index contributed by atoms with van der Waals surface area (Å²) in [7, 11) is 0. The van der Waals surface area contributed by atoms with Gasteiger partial charge < -0.3 is 10.2 Å². The molecule has 0 unspecified atom stereocenters. The van der Waals surface area contributed by atoms with Crippen molar-refractivity contribution in [1.29, 1.82) is 0 Å². The SMILES string of the molecule is C=C(C)[C@@H]1CC[C@]2(C)CC[C@@H](O)[C@H](C)[C@]2(O)C1. The molecule has 2 nitrogen and oxygen atoms in total. The minimum Gasteiger partial charge on any atom is -0.393 e. The van der Waals surface area contributed by atoms with Crippen molar-refractivity contribution in [2.45, 2.75) is 64.6 Å². The maximum Gasteiger partial charge on any atom is 0.0756 e. The standard InChI is InChI=1S/C15H26O2/c1-10(2)12-5-7-14(4)8-6-13(16)11(3)15(14,17)9-12/h11-13,16-17H,1,5-9H2,2-4H3/t11-,12+,13+,14+,15+/m0/s1. The van der Waals surface area contributed by atoms with Gasteiger partial charge in [0.15, 0.2) is 0 Å². The molecular formula is C15H26O2. The van der Waals surface area contributed by atoms with Crippen LogP contribution in [-0.4, -0.2) is 21.9 Å². The van der Waals surface area contributed by atoms with Crippen LogP contribution in [0.15, 0.2) is 12.2 Å². The van der Waals surface area contributed by atoms with E-state index < -0.39 is 5.60 Å². The largest absolute Gasteiger partial charge is 0.393 e. The fourth-order valence-electron chi connectivity index (χ4n) is 3.97. The highest BCUT2D eigenvalue weighted by molar-refractivity contribution is 5.12. The quantitative estimate of drug-likeness (QED) is 0.690. The third-order valence-corrected chi connectivity index (χ3v) is 5.67. The van der Waals surface area contributed by atoms with E-state index in [1.807, 2.05) is 6.92 Å². The zero-order chi connectivity index (χ0) is 12.8. The van der Waals surface area contributed by atoms with Crippen LogP contribution in [0, 0.1) is 17.3 Å². The predicted octanol–water partition coefficient (Wildman–Crippen LogP) is 2.89. The molecule has 98 valence electrons. The lowest BCUT2D eigenvalue weighted by molar-refractivity contribution is -0.203. The van der Waals surface area contributed by atoms with E-state index in [9.17, 15) is 10.2 Å². The van der Waals surface area contributed by atoms with Crippen molar-refractivity contribution < 1.29 is 10.2 Å². The van der Waals surface area contributed by atoms with Crippen LogP contribution >= 0.6 is 0 Å². The van der Waals surface area contributed by atoms with Crippen molar-refractivity contribution in [3.05, 3.63) is 12.2 Å². The van der Waals surface area contributed by atoms with E-state index in [1.165, 1.54) is 5.57 Å². The zero-order valence-electron chi connectivity index (χ0n) is 11.4. The van der Waals surface area contributed by atoms with Crippen molar-refractivity contribution >= 4 is 0 Å². The first-order chi connectivity index (χ1) is 7.80. The second-order valence-electron chi connectivity index (χ2n) is 6.67. The average Bonchev–Trinajstić information content (AvgIpc) is 2.27. The van der Waals surface area contributed by atoms with Crippen LogP contribution in [0.3, 0.4) is 0 Å². The van der Waals surface area contributed by atoms with Crippen LogP contribution in [-0.2, 0) is 0 Å². The second-order valence-corrected chi connectivity index (χ2v) is 6.67. The maximum atomic E-state index is 11.1. The Bertz CT molecular complexity index is 325. The molecule has 2 rings (SSSR count). The molecule has 2 heteroatoms. The van der Waals surface area contributed by atoms with E-state index in [0.717, 1.165) is 32.1 Å². The van der Waals surface area contributed by atoms with Gasteiger partial charge in [0.25, 0.3) is 0 Å². The van der Waals surface area contributed by atoms with Gasteiger partial charge in [-0.2, -0.15) is 0 Å². The summed E-state index contributed by atoms with van der Waals surface area (Å²) in [5.41, 5.74) is 0.442. The lowest BCUT2D eigenvalue weighted by atomic mass is 9.51. The van der Waals surface area contributed by atoms with Gasteiger partial charge in [0.05, 0.1) is 11.7 Å². The Kier molecular flexibility index (Phi) is 3.16. The van der Waals surface area contributed by atoms with Crippen LogP contribution in [0.1, 0.15) is 52.9 Å². The fourth-order valence-corrected chi connectivity index (χ4v) is 3.97. The first-order valence-corrected chi connectivity index (χ1v) is 6.86. The molecule has 0 bridgehead atoms. The van der Waals surface area contributed by atoms with Crippen LogP contribution in [0.25, 0.3) is 0 Å². The molecule has 0 aromatic heterocycles. The fraction of sp³-hybridized carbons (Fsp3) is 0.867. The van der Waals surface area contributed by atoms with Gasteiger partial charge in [-0.3, -0.25) is 0 Å². The van der Waals surface area contributed by atoms with Gasteiger partial charge in [0.1, 0.15) is 0 Å². The number of hydrogen-bond donors (Lipinski definition) is 2. The normalized spacial score (nSPS) is 50.8. The zero-order valence-corrected chi connectivity index (χ0v) is 11.4. The van der Waals surface area contributed by atoms with Gasteiger partial charge in [0.2, 0.25) is 0 Å². The molecule has 5 atom stereocenters. The van der Waals surface area contributed by atoms with Gasteiger partial charge in [0, 0.05) is 5.92 Å². The smallest absolute Gasteiger partial charge is 0.0756 e. The van der Waals surface area contributed by atoms with E-state index in [2.05, 4.69) is 20.4 Å². The minimum absolute atomic E-state index is 0.0163. The van der Waals surface area contributed by atoms with E-state index in [0.29, 0.717) is 5.92 Å². The van der Waals surface area contributed by atoms with Crippen LogP contribution in [0.4, 0.5) is 0 Å². The maximum absolute atomic E-state index is 11.1. The molecule has 2 N–H and O–H groups in total. The molecule has 0 radical (unpaired) electrons. The molecule has 0 aliphatic heterocycles. The first-order valence-electron chi connectivity index (χ1n) is 6.86. The Morgan fingerprint density at radius 2 is 1.88 bits per heavy atom. The molecule has 17 heavy (non-hydrogen) atoms. The summed E-state index contributed by atoms with van der Waals surface area (Å²) >= 11 is 0. The lowest BCUT2D eigenvalue weighted by Gasteiger charge is -2.58. The third-order valence-electron chi connectivity index (χ3n) is 5.67. The van der Waals surface area contributed by atoms with E-state index in [4.69, 9.17) is 0 Å². The van der Waals surface area contributed by atoms with E-state index in [1.54, 1.807) is 0 Å². The molecule has 2 saturated carbocycles. The van der Waals surface area contributed by atoms with Crippen molar-refractivity contribution in [2.75, 3.05) is 0 Å². The van der Waals surface area contributed by atoms with Crippen LogP contribution in [0.5, 0.6) is 0 Å². The van der Waals surface area contributed by atoms with Gasteiger partial charge in [-0.1, -0.05) is 26.0 Å². The molecule has 0 amide bonds. The molecule has 2 aliphatic carbocycles. The molecule has 0 aromatic carbocycles. The molecule has 0 aromatic rings. The van der Waals surface area contributed by atoms with Crippen molar-refractivity contribution in [2.24, 2.45) is 17.3 Å². The summed E-state index contributed by atoms with van der Waals surface area (Å²) in [4.78, 5) is 0. The summed E-state index contributed by atoms with van der Waals surface area (Å²) in [5.74, 6) is 0.393. The number of rotatable bonds is 1. The minimum atomic E-state index is -0.716. The summed E-state index contributed by atoms with van der Waals surface area (Å²) in [6, 6.07) is 0. The van der Waals surface area contributed by atoms with Gasteiger partial charge in [-0.25, -0.2) is 0 Å². The number of aliphatic hydroxyl groups is 2. The Labute approximate surface area is 105 Å². The average molecular weight is 238 g/mol. The third kappa shape index (κ3) is 1.86. The van der Waals surface area contributed by atoms with Gasteiger partial charge >= 0.3 is 0 Å². The lowest BCUT2D eigenvalue weighted by Crippen LogP contribution is -2.61. The van der Waals surface area contributed by atoms with Crippen molar-refractivity contribution in [3.8, 4) is 0 Å². The monoisotopic (exact) mass is 238 g/mol. The number of hydrogen-bond acceptors (Lipinski definition) is 2. The van der Waals surface area contributed by atoms with Gasteiger partial charge in [-0.15, -0.1) is 0 Å². The highest BCUT2D eigenvalue weighted by Crippen LogP contribution is 2.57. The summed E-state index contributed by atoms with van der Waals surface area (Å²) in [5, 5.41) is 21.1. The molecule has 2 fully saturated rings. The Hall–Kier alpha value is -0.340. The number of allylic oxidation sites excluding steroid dienone is 1. The highest BCUT2D eigenvalue weighted by atomic mass is 16.3. The molecule has 2 aliphatic rings. The second kappa shape index (κ2) is 4.10. The van der Waals surface area contributed by atoms with E-state index >= 15 is 0 Å². The molecule has 0 spiro atoms. The first kappa shape index (κ1) is 13.1. The van der Waals surface area contributed by atoms with E-state index in [-0.39, 0.29) is 17.4 Å². The van der Waals surface area contributed by atoms with Gasteiger partial charge in [-0.05, 0) is 50.4 Å². The van der Waals surface area contributed by atoms with Crippen molar-refractivity contribution in [3.63, 3.8) is 0 Å². The molecular weight excluding hydrogens is 212 g/mol. The summed E-state index contributed by atoms with van der Waals surface area (Å²) < 4.78 is 0. The van der Waals surface area contributed by atoms with Crippen LogP contribution in [0.2, 0.25) is 0 Å². The van der Waals surface area contributed by atoms with Crippen LogP contribution < -0.4 is 0 Å². The number of aliphatic hydroxyl groups excluding tert-OH is 1. The molecule has 0 heterocycles. The van der Waals surface area contributed by atoms with Crippen molar-refractivity contribution in [1.82, 2.24) is 0 Å². The Balaban J connectivity index is 2.29. The predicted molar refractivity (Wildman–Crippen MR) is 69.6 cm³/mol. The highest BCUT2D eigenvalue weighted by Gasteiger charge is 2.57. The summed E-state index contributed by atoms with van der Waals surface area (Å²) in [6.07, 6.45) is 4.39. The molecule has 0 saturated heterocycles. The number of fused-ring (bicyclic) bond motifs is 1. The Morgan fingerprint density at radius 3 is 2.47 bits per heavy atom. The summed E-state index contributed by atoms with van der Waals surface area (Å²) in [6.45, 7) is 10.3. The Morgan fingerprint density at radius 1 is 1.29 bits per heavy atom.